The van der Waals surface area contributed by atoms with Crippen molar-refractivity contribution in [3.63, 3.8) is 0 Å². The van der Waals surface area contributed by atoms with Crippen LogP contribution in [0.1, 0.15) is 29.7 Å². The molecule has 4 rings (SSSR count). The summed E-state index contributed by atoms with van der Waals surface area (Å²) in [4.78, 5) is 19.3. The third-order valence-electron chi connectivity index (χ3n) is 5.28. The average molecular weight is 434 g/mol. The van der Waals surface area contributed by atoms with E-state index < -0.39 is 10.0 Å². The van der Waals surface area contributed by atoms with E-state index in [-0.39, 0.29) is 18.9 Å². The summed E-state index contributed by atoms with van der Waals surface area (Å²) >= 11 is 1.42. The van der Waals surface area contributed by atoms with Gasteiger partial charge in [-0.3, -0.25) is 9.69 Å². The van der Waals surface area contributed by atoms with Crippen molar-refractivity contribution in [1.29, 1.82) is 0 Å². The highest BCUT2D eigenvalue weighted by Crippen LogP contribution is 2.34. The van der Waals surface area contributed by atoms with Crippen LogP contribution in [0.5, 0.6) is 0 Å². The van der Waals surface area contributed by atoms with E-state index in [0.29, 0.717) is 45.3 Å². The van der Waals surface area contributed by atoms with Crippen LogP contribution in [0.15, 0.2) is 29.8 Å². The topological polar surface area (TPSA) is 92.5 Å². The monoisotopic (exact) mass is 433 g/mol. The second kappa shape index (κ2) is 7.55. The van der Waals surface area contributed by atoms with Crippen molar-refractivity contribution < 1.29 is 18.3 Å². The molecular formula is C20H23N3O4S2. The van der Waals surface area contributed by atoms with Crippen LogP contribution in [0.4, 0.5) is 5.13 Å². The molecule has 2 aromatic heterocycles. The van der Waals surface area contributed by atoms with Gasteiger partial charge in [-0.2, -0.15) is 0 Å². The summed E-state index contributed by atoms with van der Waals surface area (Å²) in [5.41, 5.74) is 2.39. The van der Waals surface area contributed by atoms with Gasteiger partial charge in [-0.25, -0.2) is 17.4 Å². The van der Waals surface area contributed by atoms with Gasteiger partial charge in [0.05, 0.1) is 24.8 Å². The Morgan fingerprint density at radius 1 is 1.38 bits per heavy atom. The first-order valence-corrected chi connectivity index (χ1v) is 12.2. The third kappa shape index (κ3) is 3.94. The van der Waals surface area contributed by atoms with Gasteiger partial charge in [0.2, 0.25) is 15.9 Å². The molecule has 2 heterocycles. The molecule has 0 unspecified atom stereocenters. The molecule has 0 saturated heterocycles. The quantitative estimate of drug-likeness (QED) is 0.618. The van der Waals surface area contributed by atoms with Crippen LogP contribution in [0, 0.1) is 12.8 Å². The molecule has 1 aliphatic carbocycles. The number of nitrogens with zero attached hydrogens (tertiary/aromatic N) is 3. The maximum absolute atomic E-state index is 13.3. The minimum Gasteiger partial charge on any atom is -0.392 e. The van der Waals surface area contributed by atoms with Crippen LogP contribution < -0.4 is 4.90 Å². The summed E-state index contributed by atoms with van der Waals surface area (Å²) in [5, 5.41) is 12.7. The predicted molar refractivity (Wildman–Crippen MR) is 114 cm³/mol. The van der Waals surface area contributed by atoms with Crippen LogP contribution in [-0.4, -0.2) is 41.2 Å². The summed E-state index contributed by atoms with van der Waals surface area (Å²) in [5.74, 6) is 0.402. The molecular weight excluding hydrogens is 410 g/mol. The van der Waals surface area contributed by atoms with Crippen molar-refractivity contribution in [2.24, 2.45) is 5.92 Å². The highest BCUT2D eigenvalue weighted by molar-refractivity contribution is 7.89. The van der Waals surface area contributed by atoms with E-state index in [1.165, 1.54) is 15.3 Å². The molecule has 7 nitrogen and oxygen atoms in total. The first-order valence-electron chi connectivity index (χ1n) is 9.43. The Balaban J connectivity index is 1.78. The molecule has 0 spiro atoms. The fraction of sp³-hybridized carbons (Fsp3) is 0.400. The summed E-state index contributed by atoms with van der Waals surface area (Å²) < 4.78 is 26.1. The number of anilines is 1. The molecule has 1 saturated carbocycles. The number of aliphatic hydroxyl groups is 1. The minimum atomic E-state index is -3.55. The molecule has 1 amide bonds. The standard InChI is InChI=1S/C20H23N3O4S2/c1-13-16(10-19(25)22(11-14-3-4-14)20-21-7-8-28-20)17-9-15(12-24)5-6-18(17)23(13)29(2,26)27/h5-9,14,24H,3-4,10-12H2,1-2H3. The normalized spacial score (nSPS) is 14.4. The van der Waals surface area contributed by atoms with Crippen LogP contribution in [0.3, 0.4) is 0 Å². The summed E-state index contributed by atoms with van der Waals surface area (Å²) in [6, 6.07) is 5.15. The van der Waals surface area contributed by atoms with E-state index in [0.717, 1.165) is 19.1 Å². The molecule has 3 aromatic rings. The Bertz CT molecular complexity index is 1160. The average Bonchev–Trinajstić information content (AvgIpc) is 3.24. The zero-order valence-corrected chi connectivity index (χ0v) is 18.0. The number of benzene rings is 1. The zero-order valence-electron chi connectivity index (χ0n) is 16.3. The lowest BCUT2D eigenvalue weighted by Gasteiger charge is -2.20. The van der Waals surface area contributed by atoms with Crippen molar-refractivity contribution in [1.82, 2.24) is 8.96 Å². The van der Waals surface area contributed by atoms with Gasteiger partial charge >= 0.3 is 0 Å². The molecule has 0 bridgehead atoms. The van der Waals surface area contributed by atoms with Crippen molar-refractivity contribution in [2.45, 2.75) is 32.8 Å². The lowest BCUT2D eigenvalue weighted by atomic mass is 10.0. The molecule has 0 radical (unpaired) electrons. The second-order valence-corrected chi connectivity index (χ2v) is 10.2. The molecule has 1 N–H and O–H groups in total. The number of thiazole rings is 1. The maximum atomic E-state index is 13.3. The van der Waals surface area contributed by atoms with Crippen molar-refractivity contribution in [2.75, 3.05) is 17.7 Å². The molecule has 154 valence electrons. The smallest absolute Gasteiger partial charge is 0.236 e. The zero-order chi connectivity index (χ0) is 20.8. The van der Waals surface area contributed by atoms with Crippen LogP contribution in [-0.2, 0) is 27.8 Å². The largest absolute Gasteiger partial charge is 0.392 e. The first kappa shape index (κ1) is 20.1. The number of aliphatic hydroxyl groups excluding tert-OH is 1. The SMILES string of the molecule is Cc1c(CC(=O)N(CC2CC2)c2nccs2)c2cc(CO)ccc2n1S(C)(=O)=O. The Kier molecular flexibility index (Phi) is 5.22. The third-order valence-corrected chi connectivity index (χ3v) is 7.21. The van der Waals surface area contributed by atoms with E-state index in [1.807, 2.05) is 5.38 Å². The fourth-order valence-electron chi connectivity index (χ4n) is 3.69. The van der Waals surface area contributed by atoms with E-state index >= 15 is 0 Å². The van der Waals surface area contributed by atoms with Crippen LogP contribution >= 0.6 is 11.3 Å². The van der Waals surface area contributed by atoms with Gasteiger partial charge in [-0.1, -0.05) is 6.07 Å². The Morgan fingerprint density at radius 3 is 2.72 bits per heavy atom. The van der Waals surface area contributed by atoms with Crippen molar-refractivity contribution >= 4 is 43.3 Å². The van der Waals surface area contributed by atoms with Crippen molar-refractivity contribution in [3.8, 4) is 0 Å². The number of hydrogen-bond acceptors (Lipinski definition) is 6. The number of aromatic nitrogens is 2. The van der Waals surface area contributed by atoms with Gasteiger partial charge in [0, 0.05) is 29.2 Å². The molecule has 29 heavy (non-hydrogen) atoms. The summed E-state index contributed by atoms with van der Waals surface area (Å²) in [7, 11) is -3.55. The number of carbonyl (C=O) groups is 1. The summed E-state index contributed by atoms with van der Waals surface area (Å²) in [6.07, 6.45) is 5.14. The Labute approximate surface area is 173 Å². The maximum Gasteiger partial charge on any atom is 0.236 e. The summed E-state index contributed by atoms with van der Waals surface area (Å²) in [6.45, 7) is 2.20. The lowest BCUT2D eigenvalue weighted by molar-refractivity contribution is -0.118. The van der Waals surface area contributed by atoms with Crippen LogP contribution in [0.2, 0.25) is 0 Å². The second-order valence-electron chi connectivity index (χ2n) is 7.54. The van der Waals surface area contributed by atoms with Gasteiger partial charge in [-0.05, 0) is 48.9 Å². The van der Waals surface area contributed by atoms with Gasteiger partial charge in [0.1, 0.15) is 0 Å². The highest BCUT2D eigenvalue weighted by atomic mass is 32.2. The number of hydrogen-bond donors (Lipinski definition) is 1. The van der Waals surface area contributed by atoms with Gasteiger partial charge in [-0.15, -0.1) is 11.3 Å². The number of amides is 1. The molecule has 9 heteroatoms. The van der Waals surface area contributed by atoms with Gasteiger partial charge in [0.25, 0.3) is 0 Å². The molecule has 0 aliphatic heterocycles. The van der Waals surface area contributed by atoms with E-state index in [1.54, 1.807) is 36.2 Å². The van der Waals surface area contributed by atoms with E-state index in [4.69, 9.17) is 0 Å². The number of carbonyl (C=O) groups excluding carboxylic acids is 1. The van der Waals surface area contributed by atoms with Crippen molar-refractivity contribution in [3.05, 3.63) is 46.6 Å². The van der Waals surface area contributed by atoms with E-state index in [9.17, 15) is 18.3 Å². The molecule has 1 fully saturated rings. The van der Waals surface area contributed by atoms with Crippen LogP contribution in [0.25, 0.3) is 10.9 Å². The molecule has 0 atom stereocenters. The van der Waals surface area contributed by atoms with E-state index in [2.05, 4.69) is 4.98 Å². The highest BCUT2D eigenvalue weighted by Gasteiger charge is 2.30. The molecule has 1 aliphatic rings. The molecule has 1 aromatic carbocycles. The number of rotatable bonds is 7. The fourth-order valence-corrected chi connectivity index (χ4v) is 5.48. The van der Waals surface area contributed by atoms with Gasteiger partial charge in [0.15, 0.2) is 5.13 Å². The Hall–Kier alpha value is -2.23. The first-order chi connectivity index (χ1) is 13.8. The minimum absolute atomic E-state index is 0.0754. The number of fused-ring (bicyclic) bond motifs is 1. The predicted octanol–water partition coefficient (Wildman–Crippen LogP) is 2.69. The Morgan fingerprint density at radius 2 is 2.14 bits per heavy atom. The lowest BCUT2D eigenvalue weighted by Crippen LogP contribution is -2.34. The van der Waals surface area contributed by atoms with Gasteiger partial charge < -0.3 is 5.11 Å².